The van der Waals surface area contributed by atoms with Crippen LogP contribution >= 0.6 is 0 Å². The number of hydrogen-bond acceptors (Lipinski definition) is 5. The first-order chi connectivity index (χ1) is 11.3. The molecule has 5 nitrogen and oxygen atoms in total. The lowest BCUT2D eigenvalue weighted by Gasteiger charge is -2.40. The first kappa shape index (κ1) is 15.0. The molecule has 3 heterocycles. The largest absolute Gasteiger partial charge is 0.423 e. The zero-order valence-corrected chi connectivity index (χ0v) is 13.8. The molecule has 0 N–H and O–H groups in total. The van der Waals surface area contributed by atoms with Crippen LogP contribution in [-0.4, -0.2) is 56.3 Å². The molecule has 0 saturated carbocycles. The summed E-state index contributed by atoms with van der Waals surface area (Å²) in [5.74, 6) is 0. The van der Waals surface area contributed by atoms with E-state index in [0.717, 1.165) is 43.4 Å². The highest BCUT2D eigenvalue weighted by atomic mass is 16.5. The number of ether oxygens (including phenoxy) is 1. The number of benzene rings is 1. The third-order valence-electron chi connectivity index (χ3n) is 5.34. The Morgan fingerprint density at radius 1 is 1.22 bits per heavy atom. The summed E-state index contributed by atoms with van der Waals surface area (Å²) in [5.41, 5.74) is 2.23. The van der Waals surface area contributed by atoms with Crippen molar-refractivity contribution in [2.45, 2.75) is 19.3 Å². The van der Waals surface area contributed by atoms with E-state index in [4.69, 9.17) is 9.15 Å². The highest BCUT2D eigenvalue weighted by Gasteiger charge is 2.42. The second-order valence-corrected chi connectivity index (χ2v) is 7.01. The van der Waals surface area contributed by atoms with Crippen molar-refractivity contribution in [3.05, 3.63) is 24.3 Å². The maximum absolute atomic E-state index is 5.96. The molecule has 124 valence electrons. The fraction of sp³-hybridized carbons (Fsp3) is 0.611. The van der Waals surface area contributed by atoms with Crippen molar-refractivity contribution in [3.8, 4) is 0 Å². The zero-order chi connectivity index (χ0) is 15.7. The van der Waals surface area contributed by atoms with E-state index < -0.39 is 0 Å². The molecule has 1 aromatic heterocycles. The molecule has 23 heavy (non-hydrogen) atoms. The number of rotatable bonds is 4. The Kier molecular flexibility index (Phi) is 3.99. The smallest absolute Gasteiger partial charge is 0.298 e. The third kappa shape index (κ3) is 2.95. The summed E-state index contributed by atoms with van der Waals surface area (Å²) in [4.78, 5) is 9.56. The number of methoxy groups -OCH3 is 1. The topological polar surface area (TPSA) is 41.7 Å². The van der Waals surface area contributed by atoms with Gasteiger partial charge >= 0.3 is 0 Å². The van der Waals surface area contributed by atoms with Crippen LogP contribution in [0.4, 0.5) is 6.01 Å². The minimum absolute atomic E-state index is 0.395. The number of piperidine rings is 1. The van der Waals surface area contributed by atoms with Crippen molar-refractivity contribution in [2.24, 2.45) is 5.41 Å². The van der Waals surface area contributed by atoms with Gasteiger partial charge in [0.25, 0.3) is 6.01 Å². The number of nitrogens with zero attached hydrogens (tertiary/aromatic N) is 3. The Morgan fingerprint density at radius 3 is 3.00 bits per heavy atom. The van der Waals surface area contributed by atoms with Gasteiger partial charge in [0.2, 0.25) is 0 Å². The predicted octanol–water partition coefficient (Wildman–Crippen LogP) is 2.77. The van der Waals surface area contributed by atoms with Gasteiger partial charge in [0.15, 0.2) is 5.58 Å². The number of anilines is 1. The number of fused-ring (bicyclic) bond motifs is 1. The molecule has 1 spiro atoms. The van der Waals surface area contributed by atoms with Crippen LogP contribution in [0.3, 0.4) is 0 Å². The van der Waals surface area contributed by atoms with Gasteiger partial charge in [-0.3, -0.25) is 0 Å². The van der Waals surface area contributed by atoms with Crippen LogP contribution in [0, 0.1) is 5.41 Å². The summed E-state index contributed by atoms with van der Waals surface area (Å²) in [5, 5.41) is 0. The molecule has 0 bridgehead atoms. The molecular weight excluding hydrogens is 290 g/mol. The number of likely N-dealkylation sites (tertiary alicyclic amines) is 1. The Balaban J connectivity index is 1.47. The van der Waals surface area contributed by atoms with Gasteiger partial charge in [-0.25, -0.2) is 0 Å². The Labute approximate surface area is 137 Å². The maximum atomic E-state index is 5.96. The highest BCUT2D eigenvalue weighted by molar-refractivity contribution is 5.74. The Bertz CT molecular complexity index is 638. The van der Waals surface area contributed by atoms with Crippen LogP contribution in [-0.2, 0) is 4.74 Å². The molecule has 2 aliphatic heterocycles. The second kappa shape index (κ2) is 6.13. The van der Waals surface area contributed by atoms with Crippen LogP contribution < -0.4 is 4.90 Å². The molecule has 2 aromatic rings. The van der Waals surface area contributed by atoms with E-state index in [1.807, 2.05) is 24.3 Å². The normalized spacial score (nSPS) is 25.7. The minimum atomic E-state index is 0.395. The number of aromatic nitrogens is 1. The van der Waals surface area contributed by atoms with Crippen molar-refractivity contribution >= 4 is 17.1 Å². The first-order valence-electron chi connectivity index (χ1n) is 8.60. The van der Waals surface area contributed by atoms with Gasteiger partial charge in [0, 0.05) is 38.7 Å². The van der Waals surface area contributed by atoms with Crippen LogP contribution in [0.5, 0.6) is 0 Å². The molecule has 2 aliphatic rings. The summed E-state index contributed by atoms with van der Waals surface area (Å²) >= 11 is 0. The van der Waals surface area contributed by atoms with Crippen LogP contribution in [0.25, 0.3) is 11.1 Å². The molecule has 0 amide bonds. The lowest BCUT2D eigenvalue weighted by molar-refractivity contribution is 0.0755. The van der Waals surface area contributed by atoms with E-state index in [-0.39, 0.29) is 0 Å². The van der Waals surface area contributed by atoms with Crippen molar-refractivity contribution in [3.63, 3.8) is 0 Å². The first-order valence-corrected chi connectivity index (χ1v) is 8.60. The molecule has 1 aromatic carbocycles. The second-order valence-electron chi connectivity index (χ2n) is 7.01. The molecule has 0 aliphatic carbocycles. The summed E-state index contributed by atoms with van der Waals surface area (Å²) in [6.45, 7) is 6.35. The number of para-hydroxylation sites is 2. The molecule has 2 saturated heterocycles. The van der Waals surface area contributed by atoms with Crippen LogP contribution in [0.2, 0.25) is 0 Å². The van der Waals surface area contributed by atoms with Gasteiger partial charge < -0.3 is 19.0 Å². The van der Waals surface area contributed by atoms with E-state index in [0.29, 0.717) is 5.41 Å². The van der Waals surface area contributed by atoms with Crippen molar-refractivity contribution < 1.29 is 9.15 Å². The van der Waals surface area contributed by atoms with E-state index in [1.54, 1.807) is 7.11 Å². The summed E-state index contributed by atoms with van der Waals surface area (Å²) in [6.07, 6.45) is 3.83. The number of hydrogen-bond donors (Lipinski definition) is 0. The van der Waals surface area contributed by atoms with Crippen molar-refractivity contribution in [2.75, 3.05) is 51.3 Å². The van der Waals surface area contributed by atoms with Gasteiger partial charge in [-0.1, -0.05) is 12.1 Å². The SMILES string of the molecule is COCCN1CCCC2(CCN(c3nc4ccccc4o3)C2)C1. The third-order valence-corrected chi connectivity index (χ3v) is 5.34. The number of oxazole rings is 1. The van der Waals surface area contributed by atoms with Gasteiger partial charge in [-0.05, 0) is 37.9 Å². The molecular formula is C18H25N3O2. The van der Waals surface area contributed by atoms with Gasteiger partial charge in [-0.2, -0.15) is 4.98 Å². The maximum Gasteiger partial charge on any atom is 0.298 e. The molecule has 4 rings (SSSR count). The predicted molar refractivity (Wildman–Crippen MR) is 90.8 cm³/mol. The highest BCUT2D eigenvalue weighted by Crippen LogP contribution is 2.40. The monoisotopic (exact) mass is 315 g/mol. The minimum Gasteiger partial charge on any atom is -0.423 e. The summed E-state index contributed by atoms with van der Waals surface area (Å²) in [6, 6.07) is 8.80. The lowest BCUT2D eigenvalue weighted by Crippen LogP contribution is -2.45. The molecule has 5 heteroatoms. The van der Waals surface area contributed by atoms with E-state index >= 15 is 0 Å². The quantitative estimate of drug-likeness (QED) is 0.868. The fourth-order valence-corrected chi connectivity index (χ4v) is 4.15. The van der Waals surface area contributed by atoms with Gasteiger partial charge in [0.1, 0.15) is 5.52 Å². The van der Waals surface area contributed by atoms with E-state index in [9.17, 15) is 0 Å². The average molecular weight is 315 g/mol. The van der Waals surface area contributed by atoms with Gasteiger partial charge in [-0.15, -0.1) is 0 Å². The summed E-state index contributed by atoms with van der Waals surface area (Å²) in [7, 11) is 1.78. The molecule has 0 radical (unpaired) electrons. The Hall–Kier alpha value is -1.59. The molecule has 1 atom stereocenters. The molecule has 2 fully saturated rings. The molecule has 1 unspecified atom stereocenters. The average Bonchev–Trinajstić information content (AvgIpc) is 3.17. The fourth-order valence-electron chi connectivity index (χ4n) is 4.15. The van der Waals surface area contributed by atoms with E-state index in [2.05, 4.69) is 14.8 Å². The Morgan fingerprint density at radius 2 is 2.13 bits per heavy atom. The standard InChI is InChI=1S/C18H25N3O2/c1-22-12-11-20-9-4-7-18(13-20)8-10-21(14-18)17-19-15-5-2-3-6-16(15)23-17/h2-3,5-6H,4,7-14H2,1H3. The van der Waals surface area contributed by atoms with Crippen molar-refractivity contribution in [1.82, 2.24) is 9.88 Å². The lowest BCUT2D eigenvalue weighted by atomic mass is 9.79. The van der Waals surface area contributed by atoms with Crippen LogP contribution in [0.1, 0.15) is 19.3 Å². The van der Waals surface area contributed by atoms with E-state index in [1.165, 1.54) is 32.4 Å². The zero-order valence-electron chi connectivity index (χ0n) is 13.8. The van der Waals surface area contributed by atoms with Gasteiger partial charge in [0.05, 0.1) is 6.61 Å². The van der Waals surface area contributed by atoms with Crippen molar-refractivity contribution in [1.29, 1.82) is 0 Å². The van der Waals surface area contributed by atoms with Crippen LogP contribution in [0.15, 0.2) is 28.7 Å². The summed E-state index contributed by atoms with van der Waals surface area (Å²) < 4.78 is 11.2.